The maximum Gasteiger partial charge on any atom is 0.472 e. The van der Waals surface area contributed by atoms with Gasteiger partial charge < -0.3 is 33.8 Å². The molecule has 0 aliphatic rings. The summed E-state index contributed by atoms with van der Waals surface area (Å²) < 4.78 is 68.6. The molecule has 0 rings (SSSR count). The third-order valence-corrected chi connectivity index (χ3v) is 20.4. The zero-order valence-corrected chi connectivity index (χ0v) is 65.7. The van der Waals surface area contributed by atoms with E-state index in [0.717, 1.165) is 95.8 Å². The van der Waals surface area contributed by atoms with Gasteiger partial charge in [-0.25, -0.2) is 9.13 Å². The first kappa shape index (κ1) is 96.1. The number of rotatable bonds is 79. The number of carbonyl (C=O) groups excluding carboxylic acids is 4. The molecule has 0 saturated heterocycles. The number of unbranched alkanes of at least 4 members (excludes halogenated alkanes) is 51. The Kier molecular flexibility index (Phi) is 70.6. The highest BCUT2D eigenvalue weighted by molar-refractivity contribution is 7.47. The van der Waals surface area contributed by atoms with Gasteiger partial charge in [0.2, 0.25) is 0 Å². The molecule has 0 heterocycles. The van der Waals surface area contributed by atoms with Crippen molar-refractivity contribution in [1.29, 1.82) is 0 Å². The van der Waals surface area contributed by atoms with E-state index in [1.54, 1.807) is 0 Å². The van der Waals surface area contributed by atoms with E-state index in [2.05, 4.69) is 34.6 Å². The van der Waals surface area contributed by atoms with E-state index in [0.29, 0.717) is 25.7 Å². The molecule has 3 N–H and O–H groups in total. The van der Waals surface area contributed by atoms with Crippen LogP contribution < -0.4 is 0 Å². The number of hydrogen-bond donors (Lipinski definition) is 3. The Morgan fingerprint density at radius 3 is 0.694 bits per heavy atom. The molecule has 17 nitrogen and oxygen atoms in total. The van der Waals surface area contributed by atoms with Crippen LogP contribution in [0.2, 0.25) is 0 Å². The molecule has 0 aliphatic heterocycles. The molecule has 582 valence electrons. The Bertz CT molecular complexity index is 1870. The lowest BCUT2D eigenvalue weighted by molar-refractivity contribution is -0.161. The van der Waals surface area contributed by atoms with Crippen molar-refractivity contribution in [1.82, 2.24) is 0 Å². The van der Waals surface area contributed by atoms with Gasteiger partial charge in [0.1, 0.15) is 19.3 Å². The molecule has 2 unspecified atom stereocenters. The molecule has 0 spiro atoms. The van der Waals surface area contributed by atoms with Crippen LogP contribution in [0.3, 0.4) is 0 Å². The predicted octanol–water partition coefficient (Wildman–Crippen LogP) is 23.6. The summed E-state index contributed by atoms with van der Waals surface area (Å²) in [6, 6.07) is 0. The average molecular weight is 1440 g/mol. The lowest BCUT2D eigenvalue weighted by atomic mass is 10.0. The second-order valence-electron chi connectivity index (χ2n) is 28.9. The molecule has 19 heteroatoms. The van der Waals surface area contributed by atoms with E-state index in [1.807, 2.05) is 0 Å². The van der Waals surface area contributed by atoms with Crippen LogP contribution in [0.15, 0.2) is 0 Å². The molecule has 5 atom stereocenters. The van der Waals surface area contributed by atoms with Gasteiger partial charge in [0.25, 0.3) is 0 Å². The highest BCUT2D eigenvalue weighted by Gasteiger charge is 2.30. The molecule has 0 saturated carbocycles. The van der Waals surface area contributed by atoms with E-state index in [9.17, 15) is 43.2 Å². The number of carbonyl (C=O) groups is 4. The monoisotopic (exact) mass is 1440 g/mol. The van der Waals surface area contributed by atoms with Crippen LogP contribution in [0.4, 0.5) is 0 Å². The summed E-state index contributed by atoms with van der Waals surface area (Å²) in [6.07, 6.45) is 62.5. The Morgan fingerprint density at radius 2 is 0.469 bits per heavy atom. The summed E-state index contributed by atoms with van der Waals surface area (Å²) in [5, 5.41) is 10.6. The smallest absolute Gasteiger partial charge is 0.462 e. The summed E-state index contributed by atoms with van der Waals surface area (Å²) >= 11 is 0. The Labute approximate surface area is 600 Å². The van der Waals surface area contributed by atoms with Crippen LogP contribution in [-0.4, -0.2) is 96.7 Å². The highest BCUT2D eigenvalue weighted by Crippen LogP contribution is 2.45. The van der Waals surface area contributed by atoms with E-state index >= 15 is 0 Å². The molecule has 0 amide bonds. The van der Waals surface area contributed by atoms with Gasteiger partial charge in [0.15, 0.2) is 12.2 Å². The third-order valence-electron chi connectivity index (χ3n) is 18.5. The summed E-state index contributed by atoms with van der Waals surface area (Å²) in [7, 11) is -9.91. The lowest BCUT2D eigenvalue weighted by Gasteiger charge is -2.21. The topological polar surface area (TPSA) is 237 Å². The molecule has 0 bridgehead atoms. The first-order valence-electron chi connectivity index (χ1n) is 41.1. The molecule has 0 aromatic heterocycles. The van der Waals surface area contributed by atoms with Gasteiger partial charge in [-0.1, -0.05) is 369 Å². The van der Waals surface area contributed by atoms with Gasteiger partial charge in [-0.05, 0) is 31.6 Å². The maximum absolute atomic E-state index is 13.1. The minimum atomic E-state index is -4.96. The van der Waals surface area contributed by atoms with Crippen molar-refractivity contribution < 1.29 is 80.2 Å². The molecular formula is C79H154O17P2. The standard InChI is InChI=1S/C79H154O17P2/c1-6-9-12-15-18-21-24-25-26-27-28-29-33-36-39-44-48-53-58-63-77(82)90-69-75(96-79(84)65-60-55-50-45-40-37-34-31-30-32-35-38-41-46-51-56-61-72(4)5)71-94-98(87,88)92-67-73(80)66-91-97(85,86)93-70-74(95-78(83)64-59-54-49-43-23-20-17-14-11-8-3)68-89-76(81)62-57-52-47-42-22-19-16-13-10-7-2/h72-75,80H,6-71H2,1-5H3,(H,85,86)(H,87,88)/t73-,74+,75+/m0/s1. The van der Waals surface area contributed by atoms with Crippen molar-refractivity contribution >= 4 is 39.5 Å². The van der Waals surface area contributed by atoms with E-state index in [-0.39, 0.29) is 25.7 Å². The Morgan fingerprint density at radius 1 is 0.276 bits per heavy atom. The lowest BCUT2D eigenvalue weighted by Crippen LogP contribution is -2.30. The van der Waals surface area contributed by atoms with Crippen molar-refractivity contribution in [3.63, 3.8) is 0 Å². The molecule has 0 aromatic rings. The van der Waals surface area contributed by atoms with Crippen LogP contribution in [0.1, 0.15) is 420 Å². The van der Waals surface area contributed by atoms with Crippen LogP contribution in [-0.2, 0) is 65.4 Å². The van der Waals surface area contributed by atoms with Crippen molar-refractivity contribution in [3.8, 4) is 0 Å². The Balaban J connectivity index is 5.19. The number of aliphatic hydroxyl groups is 1. The Hall–Kier alpha value is -1.94. The fourth-order valence-corrected chi connectivity index (χ4v) is 13.8. The summed E-state index contributed by atoms with van der Waals surface area (Å²) in [5.41, 5.74) is 0. The van der Waals surface area contributed by atoms with Gasteiger partial charge in [-0.2, -0.15) is 0 Å². The number of ether oxygens (including phenoxy) is 4. The van der Waals surface area contributed by atoms with Crippen LogP contribution >= 0.6 is 15.6 Å². The van der Waals surface area contributed by atoms with Crippen molar-refractivity contribution in [3.05, 3.63) is 0 Å². The maximum atomic E-state index is 13.1. The van der Waals surface area contributed by atoms with Crippen LogP contribution in [0.25, 0.3) is 0 Å². The highest BCUT2D eigenvalue weighted by atomic mass is 31.2. The zero-order chi connectivity index (χ0) is 71.9. The van der Waals surface area contributed by atoms with Crippen molar-refractivity contribution in [2.45, 2.75) is 438 Å². The van der Waals surface area contributed by atoms with E-state index in [1.165, 1.54) is 244 Å². The van der Waals surface area contributed by atoms with Gasteiger partial charge in [-0.3, -0.25) is 37.3 Å². The SMILES string of the molecule is CCCCCCCCCCCCCCCCCCCCCC(=O)OC[C@H](COP(=O)(O)OC[C@@H](O)COP(=O)(O)OC[C@@H](COC(=O)CCCCCCCCCCCC)OC(=O)CCCCCCCCCCCC)OC(=O)CCCCCCCCCCCCCCCCCCC(C)C. The molecule has 98 heavy (non-hydrogen) atoms. The summed E-state index contributed by atoms with van der Waals surface area (Å²) in [4.78, 5) is 72.8. The number of esters is 4. The number of aliphatic hydroxyl groups excluding tert-OH is 1. The minimum Gasteiger partial charge on any atom is -0.462 e. The molecule has 0 radical (unpaired) electrons. The second kappa shape index (κ2) is 72.0. The van der Waals surface area contributed by atoms with Gasteiger partial charge in [0, 0.05) is 25.7 Å². The third kappa shape index (κ3) is 72.4. The summed E-state index contributed by atoms with van der Waals surface area (Å²) in [5.74, 6) is -1.30. The van der Waals surface area contributed by atoms with Crippen molar-refractivity contribution in [2.75, 3.05) is 39.6 Å². The first-order valence-corrected chi connectivity index (χ1v) is 44.1. The average Bonchev–Trinajstić information content (AvgIpc) is 1.03. The fraction of sp³-hybridized carbons (Fsp3) is 0.949. The van der Waals surface area contributed by atoms with E-state index < -0.39 is 97.5 Å². The normalized spacial score (nSPS) is 13.9. The van der Waals surface area contributed by atoms with Crippen LogP contribution in [0.5, 0.6) is 0 Å². The molecule has 0 fully saturated rings. The molecule has 0 aliphatic carbocycles. The largest absolute Gasteiger partial charge is 0.472 e. The first-order chi connectivity index (χ1) is 47.5. The number of hydrogen-bond acceptors (Lipinski definition) is 15. The van der Waals surface area contributed by atoms with E-state index in [4.69, 9.17) is 37.0 Å². The van der Waals surface area contributed by atoms with Crippen LogP contribution in [0, 0.1) is 5.92 Å². The minimum absolute atomic E-state index is 0.107. The fourth-order valence-electron chi connectivity index (χ4n) is 12.2. The quantitative estimate of drug-likeness (QED) is 0.0222. The second-order valence-corrected chi connectivity index (χ2v) is 31.8. The summed E-state index contributed by atoms with van der Waals surface area (Å²) in [6.45, 7) is 7.33. The van der Waals surface area contributed by atoms with Crippen molar-refractivity contribution in [2.24, 2.45) is 5.92 Å². The number of phosphoric acid groups is 2. The molecule has 0 aromatic carbocycles. The van der Waals surface area contributed by atoms with Gasteiger partial charge in [0.05, 0.1) is 26.4 Å². The zero-order valence-electron chi connectivity index (χ0n) is 63.9. The predicted molar refractivity (Wildman–Crippen MR) is 400 cm³/mol. The molecular weight excluding hydrogens is 1280 g/mol. The number of phosphoric ester groups is 2. The van der Waals surface area contributed by atoms with Gasteiger partial charge >= 0.3 is 39.5 Å². The van der Waals surface area contributed by atoms with Gasteiger partial charge in [-0.15, -0.1) is 0 Å².